The number of fused-ring (bicyclic) bond motifs is 2. The van der Waals surface area contributed by atoms with E-state index < -0.39 is 9.20 Å². The van der Waals surface area contributed by atoms with Gasteiger partial charge in [-0.05, 0) is 30.9 Å². The van der Waals surface area contributed by atoms with Gasteiger partial charge in [-0.2, -0.15) is 0 Å². The van der Waals surface area contributed by atoms with E-state index in [2.05, 4.69) is 37.3 Å². The van der Waals surface area contributed by atoms with Crippen LogP contribution >= 0.6 is 40.4 Å². The minimum absolute atomic E-state index is 0.870. The van der Waals surface area contributed by atoms with Crippen LogP contribution in [0.3, 0.4) is 0 Å². The van der Waals surface area contributed by atoms with Gasteiger partial charge in [-0.25, -0.2) is 4.42 Å². The first kappa shape index (κ1) is 24.6. The van der Waals surface area contributed by atoms with Crippen LogP contribution in [0, 0.1) is 5.92 Å². The Morgan fingerprint density at radius 2 is 1.61 bits per heavy atom. The molecule has 1 unspecified atom stereocenters. The Hall–Kier alpha value is 0.309. The molecule has 0 bridgehead atoms. The second-order valence-electron chi connectivity index (χ2n) is 7.55. The summed E-state index contributed by atoms with van der Waals surface area (Å²) in [7, 11) is 17.2. The van der Waals surface area contributed by atoms with E-state index in [1.165, 1.54) is 80.9 Å². The molecule has 0 fully saturated rings. The van der Waals surface area contributed by atoms with Crippen molar-refractivity contribution in [2.45, 2.75) is 77.6 Å². The molecule has 161 valence electrons. The van der Waals surface area contributed by atoms with Gasteiger partial charge in [0.15, 0.2) is 0 Å². The van der Waals surface area contributed by atoms with Gasteiger partial charge in [-0.3, -0.25) is 0 Å². The Bertz CT molecular complexity index is 711. The first-order valence-electron chi connectivity index (χ1n) is 10.2. The number of halogens is 4. The van der Waals surface area contributed by atoms with Crippen molar-refractivity contribution in [3.8, 4) is 0 Å². The number of aryl methyl sites for hydroxylation is 1. The summed E-state index contributed by atoms with van der Waals surface area (Å²) in [5.41, 5.74) is 2.50. The summed E-state index contributed by atoms with van der Waals surface area (Å²) in [5, 5.41) is 1.25. The van der Waals surface area contributed by atoms with Crippen molar-refractivity contribution in [1.82, 2.24) is 0 Å². The van der Waals surface area contributed by atoms with Crippen LogP contribution in [0.1, 0.15) is 76.0 Å². The Morgan fingerprint density at radius 3 is 2.32 bits per heavy atom. The summed E-state index contributed by atoms with van der Waals surface area (Å²) in [5.74, 6) is 2.11. The molecule has 28 heavy (non-hydrogen) atoms. The Morgan fingerprint density at radius 1 is 0.964 bits per heavy atom. The zero-order valence-electron chi connectivity index (χ0n) is 16.5. The predicted octanol–water partition coefficient (Wildman–Crippen LogP) is 9.71. The van der Waals surface area contributed by atoms with Gasteiger partial charge in [0.25, 0.3) is 0 Å². The van der Waals surface area contributed by atoms with Crippen molar-refractivity contribution in [3.63, 3.8) is 0 Å². The predicted molar refractivity (Wildman–Crippen MR) is 122 cm³/mol. The fourth-order valence-corrected chi connectivity index (χ4v) is 3.93. The van der Waals surface area contributed by atoms with E-state index >= 15 is 0 Å². The monoisotopic (exact) mass is 507 g/mol. The fraction of sp³-hybridized carbons (Fsp3) is 0.591. The topological polar surface area (TPSA) is 11.3 Å². The van der Waals surface area contributed by atoms with E-state index in [1.54, 1.807) is 0 Å². The SMILES string of the molecule is CCCCCCCCCC1CCc2[o+]c3ccccc3cc2C1.[Cl][Fe-]([Cl])([Cl])[Cl]. The first-order valence-corrected chi connectivity index (χ1v) is 16.3. The zero-order valence-corrected chi connectivity index (χ0v) is 20.6. The van der Waals surface area contributed by atoms with Crippen molar-refractivity contribution in [3.05, 3.63) is 41.7 Å². The average Bonchev–Trinajstić information content (AvgIpc) is 2.64. The molecular weight excluding hydrogens is 478 g/mol. The van der Waals surface area contributed by atoms with Gasteiger partial charge in [0.2, 0.25) is 0 Å². The van der Waals surface area contributed by atoms with Gasteiger partial charge in [-0.1, -0.05) is 70.4 Å². The van der Waals surface area contributed by atoms with E-state index in [-0.39, 0.29) is 0 Å². The first-order chi connectivity index (χ1) is 13.4. The molecule has 0 spiro atoms. The third kappa shape index (κ3) is 9.88. The van der Waals surface area contributed by atoms with E-state index in [9.17, 15) is 0 Å². The Balaban J connectivity index is 0.000000500. The summed E-state index contributed by atoms with van der Waals surface area (Å²) < 4.78 is 6.11. The van der Waals surface area contributed by atoms with Crippen molar-refractivity contribution in [2.75, 3.05) is 0 Å². The molecule has 0 amide bonds. The third-order valence-electron chi connectivity index (χ3n) is 5.34. The quantitative estimate of drug-likeness (QED) is 0.196. The van der Waals surface area contributed by atoms with Crippen LogP contribution in [0.5, 0.6) is 0 Å². The summed E-state index contributed by atoms with van der Waals surface area (Å²) in [4.78, 5) is 0. The van der Waals surface area contributed by atoms with Crippen LogP contribution < -0.4 is 0 Å². The molecule has 2 aromatic rings. The summed E-state index contributed by atoms with van der Waals surface area (Å²) in [6.07, 6.45) is 15.0. The number of para-hydroxylation sites is 1. The van der Waals surface area contributed by atoms with Crippen LogP contribution in [0.4, 0.5) is 0 Å². The molecule has 1 aromatic carbocycles. The number of rotatable bonds is 8. The fourth-order valence-electron chi connectivity index (χ4n) is 3.93. The maximum atomic E-state index is 6.11. The van der Waals surface area contributed by atoms with Gasteiger partial charge in [0, 0.05) is 6.07 Å². The Labute approximate surface area is 189 Å². The average molecular weight is 509 g/mol. The summed E-state index contributed by atoms with van der Waals surface area (Å²) in [6, 6.07) is 10.8. The molecule has 0 N–H and O–H groups in total. The van der Waals surface area contributed by atoms with Crippen molar-refractivity contribution in [1.29, 1.82) is 0 Å². The molecule has 1 nitrogen and oxygen atoms in total. The second-order valence-corrected chi connectivity index (χ2v) is 18.5. The van der Waals surface area contributed by atoms with Crippen molar-refractivity contribution >= 4 is 51.4 Å². The molecule has 1 aliphatic carbocycles. The van der Waals surface area contributed by atoms with Gasteiger partial charge < -0.3 is 0 Å². The molecule has 6 heteroatoms. The maximum absolute atomic E-state index is 6.11. The van der Waals surface area contributed by atoms with E-state index in [1.807, 2.05) is 0 Å². The van der Waals surface area contributed by atoms with Crippen LogP contribution in [0.25, 0.3) is 11.0 Å². The molecule has 1 aromatic heterocycles. The van der Waals surface area contributed by atoms with Crippen LogP contribution in [-0.2, 0) is 22.0 Å². The molecule has 0 saturated heterocycles. The van der Waals surface area contributed by atoms with Gasteiger partial charge in [-0.15, -0.1) is 0 Å². The third-order valence-corrected chi connectivity index (χ3v) is 5.34. The second kappa shape index (κ2) is 12.9. The molecule has 1 aliphatic rings. The molecule has 0 radical (unpaired) electrons. The van der Waals surface area contributed by atoms with Gasteiger partial charge in [0.1, 0.15) is 0 Å². The van der Waals surface area contributed by atoms with Crippen LogP contribution in [0.15, 0.2) is 34.7 Å². The summed E-state index contributed by atoms with van der Waals surface area (Å²) >= 11 is 0. The molecule has 1 atom stereocenters. The molecule has 3 rings (SSSR count). The van der Waals surface area contributed by atoms with Crippen molar-refractivity contribution < 1.29 is 13.6 Å². The minimum atomic E-state index is -2.61. The summed E-state index contributed by atoms with van der Waals surface area (Å²) in [6.45, 7) is 2.29. The zero-order chi connectivity index (χ0) is 20.4. The van der Waals surface area contributed by atoms with Crippen LogP contribution in [-0.4, -0.2) is 0 Å². The number of hydrogen-bond acceptors (Lipinski definition) is 0. The van der Waals surface area contributed by atoms with Gasteiger partial charge in [0.05, 0.1) is 17.4 Å². The number of hydrogen-bond donors (Lipinski definition) is 0. The van der Waals surface area contributed by atoms with Crippen LogP contribution in [0.2, 0.25) is 0 Å². The molecule has 1 heterocycles. The van der Waals surface area contributed by atoms with E-state index in [0.717, 1.165) is 17.9 Å². The number of unbranched alkanes of at least 4 members (excludes halogenated alkanes) is 6. The number of benzene rings is 1. The van der Waals surface area contributed by atoms with Gasteiger partial charge >= 0.3 is 60.9 Å². The van der Waals surface area contributed by atoms with E-state index in [0.29, 0.717) is 0 Å². The molecule has 0 aliphatic heterocycles. The molecule has 0 saturated carbocycles. The standard InChI is InChI=1S/C22H31O.4ClH.Fe/c1-2-3-4-5-6-7-8-11-18-14-15-22-20(16-18)17-19-12-9-10-13-21(19)23-22;;;;;/h9-10,12-13,17-18H,2-8,11,14-16H2,1H3;4*1H;/q+1;;;;;+3/p-4. The van der Waals surface area contributed by atoms with E-state index in [4.69, 9.17) is 44.8 Å². The normalized spacial score (nSPS) is 17.0. The molecular formula is C22H31Cl4FeO. The van der Waals surface area contributed by atoms with Crippen molar-refractivity contribution in [2.24, 2.45) is 5.92 Å². The Kier molecular flexibility index (Phi) is 11.3.